The summed E-state index contributed by atoms with van der Waals surface area (Å²) in [7, 11) is 3.46. The van der Waals surface area contributed by atoms with E-state index in [4.69, 9.17) is 9.47 Å². The third kappa shape index (κ3) is 3.09. The second kappa shape index (κ2) is 6.04. The lowest BCUT2D eigenvalue weighted by molar-refractivity contribution is 0.275. The maximum absolute atomic E-state index is 5.60. The average molecular weight is 277 g/mol. The topological polar surface area (TPSA) is 30.5 Å². The summed E-state index contributed by atoms with van der Waals surface area (Å²) < 4.78 is 11.0. The van der Waals surface area contributed by atoms with Gasteiger partial charge < -0.3 is 14.8 Å². The van der Waals surface area contributed by atoms with E-state index >= 15 is 0 Å². The molecular weight excluding hydrogens is 250 g/mol. The van der Waals surface area contributed by atoms with Gasteiger partial charge in [0.15, 0.2) is 0 Å². The molecule has 0 amide bonds. The minimum Gasteiger partial charge on any atom is -0.497 e. The van der Waals surface area contributed by atoms with Crippen molar-refractivity contribution in [1.29, 1.82) is 0 Å². The molecule has 0 fully saturated rings. The van der Waals surface area contributed by atoms with Crippen LogP contribution in [0.3, 0.4) is 0 Å². The molecule has 1 aliphatic rings. The average Bonchev–Trinajstić information content (AvgIpc) is 2.55. The van der Waals surface area contributed by atoms with E-state index in [1.165, 1.54) is 17.5 Å². The fraction of sp³-hybridized carbons (Fsp3) is 0.647. The quantitative estimate of drug-likeness (QED) is 0.851. The van der Waals surface area contributed by atoms with Gasteiger partial charge in [-0.3, -0.25) is 0 Å². The standard InChI is InChI=1S/C17H27NO2/c1-6-18-15-11-17(2,3)8-7-13-14(15)9-12(19-4)10-16(13)20-5/h9-10,15,18H,6-8,11H2,1-5H3. The highest BCUT2D eigenvalue weighted by Crippen LogP contribution is 2.43. The predicted molar refractivity (Wildman–Crippen MR) is 82.7 cm³/mol. The zero-order valence-corrected chi connectivity index (χ0v) is 13.4. The first kappa shape index (κ1) is 15.2. The molecule has 1 N–H and O–H groups in total. The Bertz CT molecular complexity index is 468. The molecule has 3 nitrogen and oxygen atoms in total. The van der Waals surface area contributed by atoms with Crippen LogP contribution in [0.5, 0.6) is 11.5 Å². The van der Waals surface area contributed by atoms with Crippen LogP contribution in [0, 0.1) is 5.41 Å². The summed E-state index contributed by atoms with van der Waals surface area (Å²) in [4.78, 5) is 0. The number of rotatable bonds is 4. The lowest BCUT2D eigenvalue weighted by atomic mass is 9.83. The van der Waals surface area contributed by atoms with Crippen molar-refractivity contribution in [3.05, 3.63) is 23.3 Å². The van der Waals surface area contributed by atoms with Gasteiger partial charge in [0.25, 0.3) is 0 Å². The monoisotopic (exact) mass is 277 g/mol. The van der Waals surface area contributed by atoms with Gasteiger partial charge in [-0.25, -0.2) is 0 Å². The summed E-state index contributed by atoms with van der Waals surface area (Å²) in [6, 6.07) is 4.55. The summed E-state index contributed by atoms with van der Waals surface area (Å²) >= 11 is 0. The number of nitrogens with one attached hydrogen (secondary N) is 1. The van der Waals surface area contributed by atoms with Crippen molar-refractivity contribution in [3.63, 3.8) is 0 Å². The third-order valence-electron chi connectivity index (χ3n) is 4.31. The van der Waals surface area contributed by atoms with Crippen LogP contribution in [-0.4, -0.2) is 20.8 Å². The van der Waals surface area contributed by atoms with Crippen LogP contribution >= 0.6 is 0 Å². The maximum atomic E-state index is 5.60. The molecule has 0 aliphatic heterocycles. The lowest BCUT2D eigenvalue weighted by Gasteiger charge is -2.27. The molecule has 112 valence electrons. The molecule has 0 bridgehead atoms. The van der Waals surface area contributed by atoms with Crippen molar-refractivity contribution in [3.8, 4) is 11.5 Å². The van der Waals surface area contributed by atoms with E-state index in [9.17, 15) is 0 Å². The van der Waals surface area contributed by atoms with Crippen LogP contribution in [0.25, 0.3) is 0 Å². The molecule has 1 aliphatic carbocycles. The van der Waals surface area contributed by atoms with Crippen LogP contribution in [-0.2, 0) is 6.42 Å². The normalized spacial score (nSPS) is 20.9. The molecule has 0 saturated heterocycles. The smallest absolute Gasteiger partial charge is 0.126 e. The Balaban J connectivity index is 2.51. The highest BCUT2D eigenvalue weighted by atomic mass is 16.5. The molecule has 0 radical (unpaired) electrons. The molecule has 0 spiro atoms. The molecule has 0 aromatic heterocycles. The number of fused-ring (bicyclic) bond motifs is 1. The van der Waals surface area contributed by atoms with Gasteiger partial charge >= 0.3 is 0 Å². The first-order valence-corrected chi connectivity index (χ1v) is 7.49. The Morgan fingerprint density at radius 3 is 2.60 bits per heavy atom. The fourth-order valence-electron chi connectivity index (χ4n) is 3.18. The van der Waals surface area contributed by atoms with Crippen molar-refractivity contribution in [1.82, 2.24) is 5.32 Å². The second-order valence-electron chi connectivity index (χ2n) is 6.38. The fourth-order valence-corrected chi connectivity index (χ4v) is 3.18. The van der Waals surface area contributed by atoms with Crippen LogP contribution in [0.1, 0.15) is 50.8 Å². The van der Waals surface area contributed by atoms with Gasteiger partial charge in [0.1, 0.15) is 11.5 Å². The molecular formula is C17H27NO2. The van der Waals surface area contributed by atoms with Crippen LogP contribution in [0.2, 0.25) is 0 Å². The van der Waals surface area contributed by atoms with E-state index in [1.807, 2.05) is 6.07 Å². The summed E-state index contributed by atoms with van der Waals surface area (Å²) in [6.07, 6.45) is 3.39. The molecule has 2 rings (SSSR count). The zero-order chi connectivity index (χ0) is 14.8. The molecule has 3 heteroatoms. The number of methoxy groups -OCH3 is 2. The Labute approximate surface area is 122 Å². The Morgan fingerprint density at radius 2 is 2.00 bits per heavy atom. The van der Waals surface area contributed by atoms with Gasteiger partial charge in [0.2, 0.25) is 0 Å². The molecule has 1 unspecified atom stereocenters. The number of benzene rings is 1. The minimum absolute atomic E-state index is 0.337. The predicted octanol–water partition coefficient (Wildman–Crippen LogP) is 3.72. The first-order chi connectivity index (χ1) is 9.50. The highest BCUT2D eigenvalue weighted by Gasteiger charge is 2.31. The third-order valence-corrected chi connectivity index (χ3v) is 4.31. The Morgan fingerprint density at radius 1 is 1.25 bits per heavy atom. The van der Waals surface area contributed by atoms with Crippen molar-refractivity contribution < 1.29 is 9.47 Å². The van der Waals surface area contributed by atoms with Crippen LogP contribution < -0.4 is 14.8 Å². The number of ether oxygens (including phenoxy) is 2. The van der Waals surface area contributed by atoms with Crippen molar-refractivity contribution in [2.45, 2.75) is 46.1 Å². The summed E-state index contributed by atoms with van der Waals surface area (Å²) in [5.74, 6) is 1.84. The Hall–Kier alpha value is -1.22. The van der Waals surface area contributed by atoms with E-state index in [0.29, 0.717) is 11.5 Å². The molecule has 1 atom stereocenters. The number of hydrogen-bond acceptors (Lipinski definition) is 3. The highest BCUT2D eigenvalue weighted by molar-refractivity contribution is 5.49. The summed E-state index contributed by atoms with van der Waals surface area (Å²) in [5, 5.41) is 3.63. The van der Waals surface area contributed by atoms with Crippen molar-refractivity contribution in [2.24, 2.45) is 5.41 Å². The van der Waals surface area contributed by atoms with Crippen molar-refractivity contribution >= 4 is 0 Å². The van der Waals surface area contributed by atoms with Gasteiger partial charge in [-0.05, 0) is 48.4 Å². The van der Waals surface area contributed by atoms with Gasteiger partial charge in [-0.15, -0.1) is 0 Å². The van der Waals surface area contributed by atoms with Gasteiger partial charge in [0, 0.05) is 12.1 Å². The second-order valence-corrected chi connectivity index (χ2v) is 6.38. The largest absolute Gasteiger partial charge is 0.497 e. The first-order valence-electron chi connectivity index (χ1n) is 7.49. The maximum Gasteiger partial charge on any atom is 0.126 e. The van der Waals surface area contributed by atoms with Crippen molar-refractivity contribution in [2.75, 3.05) is 20.8 Å². The molecule has 0 saturated carbocycles. The molecule has 1 aromatic carbocycles. The Kier molecular flexibility index (Phi) is 4.59. The van der Waals surface area contributed by atoms with Crippen LogP contribution in [0.15, 0.2) is 12.1 Å². The van der Waals surface area contributed by atoms with Crippen LogP contribution in [0.4, 0.5) is 0 Å². The van der Waals surface area contributed by atoms with Gasteiger partial charge in [0.05, 0.1) is 14.2 Å². The SMILES string of the molecule is CCNC1CC(C)(C)CCc2c(OC)cc(OC)cc21. The summed E-state index contributed by atoms with van der Waals surface area (Å²) in [6.45, 7) is 7.84. The molecule has 1 aromatic rings. The van der Waals surface area contributed by atoms with E-state index in [-0.39, 0.29) is 0 Å². The van der Waals surface area contributed by atoms with E-state index < -0.39 is 0 Å². The summed E-state index contributed by atoms with van der Waals surface area (Å²) in [5.41, 5.74) is 3.02. The minimum atomic E-state index is 0.337. The van der Waals surface area contributed by atoms with E-state index in [2.05, 4.69) is 32.2 Å². The number of hydrogen-bond donors (Lipinski definition) is 1. The van der Waals surface area contributed by atoms with E-state index in [0.717, 1.165) is 30.9 Å². The zero-order valence-electron chi connectivity index (χ0n) is 13.4. The molecule has 0 heterocycles. The van der Waals surface area contributed by atoms with E-state index in [1.54, 1.807) is 14.2 Å². The molecule has 20 heavy (non-hydrogen) atoms. The van der Waals surface area contributed by atoms with Gasteiger partial charge in [-0.2, -0.15) is 0 Å². The van der Waals surface area contributed by atoms with Gasteiger partial charge in [-0.1, -0.05) is 20.8 Å². The lowest BCUT2D eigenvalue weighted by Crippen LogP contribution is -2.25.